The second-order valence-electron chi connectivity index (χ2n) is 5.14. The summed E-state index contributed by atoms with van der Waals surface area (Å²) in [6, 6.07) is 6.05. The lowest BCUT2D eigenvalue weighted by Crippen LogP contribution is -2.31. The van der Waals surface area contributed by atoms with E-state index >= 15 is 0 Å². The molecule has 1 heterocycles. The second kappa shape index (κ2) is 6.39. The SMILES string of the molecule is Cc1cc(C)cc(OCCN(C)C(=O)c2n[nH]c(C)n2)c1. The van der Waals surface area contributed by atoms with Crippen molar-refractivity contribution in [3.8, 4) is 5.75 Å². The highest BCUT2D eigenvalue weighted by atomic mass is 16.5. The lowest BCUT2D eigenvalue weighted by molar-refractivity contribution is 0.0762. The number of benzene rings is 1. The predicted molar refractivity (Wildman–Crippen MR) is 79.5 cm³/mol. The van der Waals surface area contributed by atoms with Gasteiger partial charge in [-0.25, -0.2) is 4.98 Å². The van der Waals surface area contributed by atoms with Gasteiger partial charge in [-0.15, -0.1) is 5.10 Å². The molecule has 21 heavy (non-hydrogen) atoms. The van der Waals surface area contributed by atoms with Crippen LogP contribution in [-0.4, -0.2) is 46.2 Å². The first kappa shape index (κ1) is 15.0. The number of aromatic amines is 1. The first-order chi connectivity index (χ1) is 9.95. The maximum atomic E-state index is 12.0. The normalized spacial score (nSPS) is 10.5. The fourth-order valence-electron chi connectivity index (χ4n) is 2.03. The average Bonchev–Trinajstić information content (AvgIpc) is 2.83. The van der Waals surface area contributed by atoms with E-state index < -0.39 is 0 Å². The van der Waals surface area contributed by atoms with Gasteiger partial charge in [0.05, 0.1) is 6.54 Å². The first-order valence-electron chi connectivity index (χ1n) is 6.81. The molecule has 1 amide bonds. The summed E-state index contributed by atoms with van der Waals surface area (Å²) >= 11 is 0. The van der Waals surface area contributed by atoms with Gasteiger partial charge in [0.15, 0.2) is 0 Å². The largest absolute Gasteiger partial charge is 0.492 e. The van der Waals surface area contributed by atoms with Gasteiger partial charge in [0.2, 0.25) is 5.82 Å². The zero-order chi connectivity index (χ0) is 15.4. The Morgan fingerprint density at radius 3 is 2.48 bits per heavy atom. The van der Waals surface area contributed by atoms with Gasteiger partial charge in [-0.3, -0.25) is 9.89 Å². The summed E-state index contributed by atoms with van der Waals surface area (Å²) in [5.74, 6) is 1.41. The number of carbonyl (C=O) groups excluding carboxylic acids is 1. The highest BCUT2D eigenvalue weighted by Gasteiger charge is 2.16. The van der Waals surface area contributed by atoms with Crippen LogP contribution >= 0.6 is 0 Å². The van der Waals surface area contributed by atoms with Crippen molar-refractivity contribution in [2.45, 2.75) is 20.8 Å². The van der Waals surface area contributed by atoms with Crippen molar-refractivity contribution in [3.05, 3.63) is 41.0 Å². The number of rotatable bonds is 5. The maximum Gasteiger partial charge on any atom is 0.293 e. The van der Waals surface area contributed by atoms with E-state index in [9.17, 15) is 4.79 Å². The average molecular weight is 288 g/mol. The molecule has 2 aromatic rings. The van der Waals surface area contributed by atoms with Crippen molar-refractivity contribution < 1.29 is 9.53 Å². The molecule has 2 rings (SSSR count). The number of hydrogen-bond donors (Lipinski definition) is 1. The lowest BCUT2D eigenvalue weighted by Gasteiger charge is -2.16. The Morgan fingerprint density at radius 2 is 1.90 bits per heavy atom. The van der Waals surface area contributed by atoms with Crippen LogP contribution in [0.15, 0.2) is 18.2 Å². The van der Waals surface area contributed by atoms with Crippen LogP contribution in [0.4, 0.5) is 0 Å². The Hall–Kier alpha value is -2.37. The molecule has 0 spiro atoms. The van der Waals surface area contributed by atoms with Gasteiger partial charge in [-0.05, 0) is 44.0 Å². The molecule has 1 aromatic heterocycles. The van der Waals surface area contributed by atoms with E-state index in [2.05, 4.69) is 21.2 Å². The van der Waals surface area contributed by atoms with Gasteiger partial charge in [-0.2, -0.15) is 0 Å². The van der Waals surface area contributed by atoms with Crippen LogP contribution in [0.3, 0.4) is 0 Å². The molecule has 0 saturated carbocycles. The molecule has 0 bridgehead atoms. The first-order valence-corrected chi connectivity index (χ1v) is 6.81. The number of carbonyl (C=O) groups is 1. The number of nitrogens with one attached hydrogen (secondary N) is 1. The van der Waals surface area contributed by atoms with Crippen LogP contribution in [-0.2, 0) is 0 Å². The van der Waals surface area contributed by atoms with Crippen molar-refractivity contribution in [1.82, 2.24) is 20.1 Å². The van der Waals surface area contributed by atoms with Crippen molar-refractivity contribution in [1.29, 1.82) is 0 Å². The highest BCUT2D eigenvalue weighted by Crippen LogP contribution is 2.16. The Morgan fingerprint density at radius 1 is 1.24 bits per heavy atom. The van der Waals surface area contributed by atoms with Crippen LogP contribution in [0.2, 0.25) is 0 Å². The van der Waals surface area contributed by atoms with Gasteiger partial charge >= 0.3 is 0 Å². The van der Waals surface area contributed by atoms with Crippen LogP contribution < -0.4 is 4.74 Å². The minimum absolute atomic E-state index is 0.182. The van der Waals surface area contributed by atoms with E-state index in [0.717, 1.165) is 16.9 Å². The molecule has 0 radical (unpaired) electrons. The monoisotopic (exact) mass is 288 g/mol. The molecule has 0 atom stereocenters. The van der Waals surface area contributed by atoms with Crippen LogP contribution in [0.1, 0.15) is 27.6 Å². The number of amides is 1. The quantitative estimate of drug-likeness (QED) is 0.912. The molecule has 112 valence electrons. The molecule has 1 N–H and O–H groups in total. The number of ether oxygens (including phenoxy) is 1. The fraction of sp³-hybridized carbons (Fsp3) is 0.400. The molecule has 0 fully saturated rings. The lowest BCUT2D eigenvalue weighted by atomic mass is 10.1. The van der Waals surface area contributed by atoms with Crippen LogP contribution in [0.5, 0.6) is 5.75 Å². The van der Waals surface area contributed by atoms with Crippen LogP contribution in [0, 0.1) is 20.8 Å². The molecule has 0 saturated heterocycles. The van der Waals surface area contributed by atoms with Crippen LogP contribution in [0.25, 0.3) is 0 Å². The maximum absolute atomic E-state index is 12.0. The number of H-pyrrole nitrogens is 1. The predicted octanol–water partition coefficient (Wildman–Crippen LogP) is 1.88. The van der Waals surface area contributed by atoms with E-state index in [4.69, 9.17) is 4.74 Å². The summed E-state index contributed by atoms with van der Waals surface area (Å²) < 4.78 is 5.69. The van der Waals surface area contributed by atoms with E-state index in [1.54, 1.807) is 18.9 Å². The molecule has 0 aliphatic carbocycles. The summed E-state index contributed by atoms with van der Waals surface area (Å²) in [5.41, 5.74) is 2.32. The van der Waals surface area contributed by atoms with Crippen molar-refractivity contribution in [2.75, 3.05) is 20.2 Å². The number of hydrogen-bond acceptors (Lipinski definition) is 4. The smallest absolute Gasteiger partial charge is 0.293 e. The topological polar surface area (TPSA) is 71.1 Å². The van der Waals surface area contributed by atoms with Crippen molar-refractivity contribution in [3.63, 3.8) is 0 Å². The Kier molecular flexibility index (Phi) is 4.57. The minimum Gasteiger partial charge on any atom is -0.492 e. The summed E-state index contributed by atoms with van der Waals surface area (Å²) in [6.07, 6.45) is 0. The third kappa shape index (κ3) is 4.05. The molecule has 6 nitrogen and oxygen atoms in total. The molecule has 0 aliphatic rings. The minimum atomic E-state index is -0.219. The summed E-state index contributed by atoms with van der Waals surface area (Å²) in [7, 11) is 1.71. The van der Waals surface area contributed by atoms with Gasteiger partial charge in [0.25, 0.3) is 5.91 Å². The Bertz CT molecular complexity index is 616. The molecular formula is C15H20N4O2. The fourth-order valence-corrected chi connectivity index (χ4v) is 2.03. The molecule has 0 unspecified atom stereocenters. The number of nitrogens with zero attached hydrogens (tertiary/aromatic N) is 3. The summed E-state index contributed by atoms with van der Waals surface area (Å²) in [5, 5.41) is 6.52. The van der Waals surface area contributed by atoms with Crippen molar-refractivity contribution >= 4 is 5.91 Å². The Balaban J connectivity index is 1.86. The third-order valence-electron chi connectivity index (χ3n) is 3.03. The van der Waals surface area contributed by atoms with E-state index in [-0.39, 0.29) is 11.7 Å². The zero-order valence-corrected chi connectivity index (χ0v) is 12.8. The summed E-state index contributed by atoms with van der Waals surface area (Å²) in [6.45, 7) is 6.71. The van der Waals surface area contributed by atoms with E-state index in [1.165, 1.54) is 0 Å². The van der Waals surface area contributed by atoms with Gasteiger partial charge in [0.1, 0.15) is 18.2 Å². The van der Waals surface area contributed by atoms with E-state index in [0.29, 0.717) is 19.0 Å². The Labute approximate surface area is 124 Å². The number of aromatic nitrogens is 3. The van der Waals surface area contributed by atoms with E-state index in [1.807, 2.05) is 26.0 Å². The molecule has 1 aromatic carbocycles. The molecular weight excluding hydrogens is 268 g/mol. The van der Waals surface area contributed by atoms with Crippen molar-refractivity contribution in [2.24, 2.45) is 0 Å². The standard InChI is InChI=1S/C15H20N4O2/c1-10-7-11(2)9-13(8-10)21-6-5-19(4)15(20)14-16-12(3)17-18-14/h7-9H,5-6H2,1-4H3,(H,16,17,18). The molecule has 6 heteroatoms. The number of aryl methyl sites for hydroxylation is 3. The van der Waals surface area contributed by atoms with Gasteiger partial charge < -0.3 is 9.64 Å². The number of likely N-dealkylation sites (N-methyl/N-ethyl adjacent to an activating group) is 1. The molecule has 0 aliphatic heterocycles. The van der Waals surface area contributed by atoms with Gasteiger partial charge in [-0.1, -0.05) is 6.07 Å². The third-order valence-corrected chi connectivity index (χ3v) is 3.03. The zero-order valence-electron chi connectivity index (χ0n) is 12.8. The highest BCUT2D eigenvalue weighted by molar-refractivity contribution is 5.90. The second-order valence-corrected chi connectivity index (χ2v) is 5.14. The van der Waals surface area contributed by atoms with Gasteiger partial charge in [0, 0.05) is 7.05 Å². The summed E-state index contributed by atoms with van der Waals surface area (Å²) in [4.78, 5) is 17.6.